The number of nitrogens with one attached hydrogen (secondary N) is 1. The number of allylic oxidation sites excluding steroid dienone is 1. The predicted molar refractivity (Wildman–Crippen MR) is 35.9 cm³/mol. The van der Waals surface area contributed by atoms with Crippen LogP contribution in [0.25, 0.3) is 0 Å². The van der Waals surface area contributed by atoms with E-state index in [9.17, 15) is 0 Å². The Hall–Kier alpha value is -0.500. The molecule has 0 aliphatic carbocycles. The Morgan fingerprint density at radius 1 is 1.75 bits per heavy atom. The van der Waals surface area contributed by atoms with Crippen molar-refractivity contribution in [3.05, 3.63) is 12.3 Å². The minimum absolute atomic E-state index is 0.638. The van der Waals surface area contributed by atoms with Gasteiger partial charge in [0.25, 0.3) is 0 Å². The number of nitrogens with two attached hydrogens (primary N) is 1. The fourth-order valence-electron chi connectivity index (χ4n) is 0.552. The molecule has 0 aliphatic rings. The predicted octanol–water partition coefficient (Wildman–Crippen LogP) is 1.01. The quantitative estimate of drug-likeness (QED) is 0.424. The molecule has 0 fully saturated rings. The van der Waals surface area contributed by atoms with E-state index >= 15 is 0 Å². The molecule has 0 aliphatic heterocycles. The third-order valence-corrected chi connectivity index (χ3v) is 0.859. The van der Waals surface area contributed by atoms with Crippen LogP contribution in [0.3, 0.4) is 0 Å². The van der Waals surface area contributed by atoms with E-state index in [1.54, 1.807) is 0 Å². The standard InChI is InChI=1S/C6H14N2/c1-5(2)4-6(3)8-7/h5,8H,3-4,7H2,1-2H3. The summed E-state index contributed by atoms with van der Waals surface area (Å²) in [5.41, 5.74) is 3.40. The summed E-state index contributed by atoms with van der Waals surface area (Å²) < 4.78 is 0. The Bertz CT molecular complexity index is 76.6. The van der Waals surface area contributed by atoms with E-state index in [4.69, 9.17) is 5.84 Å². The van der Waals surface area contributed by atoms with Crippen LogP contribution in [0.5, 0.6) is 0 Å². The minimum atomic E-state index is 0.638. The van der Waals surface area contributed by atoms with E-state index < -0.39 is 0 Å². The van der Waals surface area contributed by atoms with Gasteiger partial charge in [0.05, 0.1) is 0 Å². The lowest BCUT2D eigenvalue weighted by atomic mass is 10.1. The number of rotatable bonds is 3. The van der Waals surface area contributed by atoms with E-state index in [-0.39, 0.29) is 0 Å². The molecular weight excluding hydrogens is 100 g/mol. The molecule has 2 heteroatoms. The Morgan fingerprint density at radius 2 is 2.25 bits per heavy atom. The normalized spacial score (nSPS) is 9.50. The van der Waals surface area contributed by atoms with E-state index in [1.165, 1.54) is 0 Å². The molecule has 0 atom stereocenters. The van der Waals surface area contributed by atoms with Crippen molar-refractivity contribution in [2.45, 2.75) is 20.3 Å². The second-order valence-electron chi connectivity index (χ2n) is 2.35. The average Bonchev–Trinajstić information content (AvgIpc) is 1.65. The Labute approximate surface area is 50.7 Å². The highest BCUT2D eigenvalue weighted by Gasteiger charge is 1.93. The van der Waals surface area contributed by atoms with E-state index in [1.807, 2.05) is 0 Å². The second kappa shape index (κ2) is 3.50. The van der Waals surface area contributed by atoms with Gasteiger partial charge in [-0.1, -0.05) is 20.4 Å². The lowest BCUT2D eigenvalue weighted by molar-refractivity contribution is 0.610. The zero-order chi connectivity index (χ0) is 6.57. The Balaban J connectivity index is 3.25. The number of hydrazine groups is 1. The number of hydrogen-bond donors (Lipinski definition) is 2. The third kappa shape index (κ3) is 3.68. The van der Waals surface area contributed by atoms with Gasteiger partial charge < -0.3 is 5.43 Å². The first-order valence-electron chi connectivity index (χ1n) is 2.81. The highest BCUT2D eigenvalue weighted by molar-refractivity contribution is 4.88. The van der Waals surface area contributed by atoms with Crippen molar-refractivity contribution in [3.63, 3.8) is 0 Å². The fourth-order valence-corrected chi connectivity index (χ4v) is 0.552. The van der Waals surface area contributed by atoms with Gasteiger partial charge in [-0.15, -0.1) is 0 Å². The van der Waals surface area contributed by atoms with Gasteiger partial charge in [-0.25, -0.2) is 0 Å². The average molecular weight is 114 g/mol. The summed E-state index contributed by atoms with van der Waals surface area (Å²) in [4.78, 5) is 0. The monoisotopic (exact) mass is 114 g/mol. The zero-order valence-corrected chi connectivity index (χ0v) is 5.57. The molecule has 0 heterocycles. The van der Waals surface area contributed by atoms with Crippen LogP contribution in [-0.4, -0.2) is 0 Å². The van der Waals surface area contributed by atoms with Crippen LogP contribution in [0.2, 0.25) is 0 Å². The van der Waals surface area contributed by atoms with Gasteiger partial charge in [-0.2, -0.15) is 0 Å². The summed E-state index contributed by atoms with van der Waals surface area (Å²) in [7, 11) is 0. The maximum Gasteiger partial charge on any atom is 0.0190 e. The molecule has 3 N–H and O–H groups in total. The highest BCUT2D eigenvalue weighted by Crippen LogP contribution is 2.03. The molecule has 8 heavy (non-hydrogen) atoms. The van der Waals surface area contributed by atoms with Crippen LogP contribution in [0.15, 0.2) is 12.3 Å². The van der Waals surface area contributed by atoms with Crippen LogP contribution in [0.1, 0.15) is 20.3 Å². The zero-order valence-electron chi connectivity index (χ0n) is 5.57. The molecule has 0 saturated heterocycles. The molecule has 0 amide bonds. The largest absolute Gasteiger partial charge is 0.329 e. The first-order valence-corrected chi connectivity index (χ1v) is 2.81. The van der Waals surface area contributed by atoms with Crippen molar-refractivity contribution in [2.24, 2.45) is 11.8 Å². The fraction of sp³-hybridized carbons (Fsp3) is 0.667. The van der Waals surface area contributed by atoms with E-state index in [0.717, 1.165) is 12.1 Å². The van der Waals surface area contributed by atoms with Crippen molar-refractivity contribution >= 4 is 0 Å². The molecule has 0 unspecified atom stereocenters. The summed E-state index contributed by atoms with van der Waals surface area (Å²) in [5, 5.41) is 0. The van der Waals surface area contributed by atoms with Gasteiger partial charge in [0.2, 0.25) is 0 Å². The molecule has 0 rings (SSSR count). The molecule has 0 aromatic heterocycles. The van der Waals surface area contributed by atoms with Gasteiger partial charge in [-0.3, -0.25) is 5.84 Å². The van der Waals surface area contributed by atoms with Crippen molar-refractivity contribution in [1.82, 2.24) is 5.43 Å². The maximum atomic E-state index is 5.07. The lowest BCUT2D eigenvalue weighted by Crippen LogP contribution is -2.21. The molecular formula is C6H14N2. The van der Waals surface area contributed by atoms with Crippen molar-refractivity contribution in [1.29, 1.82) is 0 Å². The van der Waals surface area contributed by atoms with Crippen molar-refractivity contribution in [2.75, 3.05) is 0 Å². The molecule has 0 aromatic carbocycles. The van der Waals surface area contributed by atoms with Crippen LogP contribution in [0.4, 0.5) is 0 Å². The van der Waals surface area contributed by atoms with Crippen LogP contribution < -0.4 is 11.3 Å². The Morgan fingerprint density at radius 3 is 2.38 bits per heavy atom. The van der Waals surface area contributed by atoms with Gasteiger partial charge in [0.15, 0.2) is 0 Å². The third-order valence-electron chi connectivity index (χ3n) is 0.859. The lowest BCUT2D eigenvalue weighted by Gasteiger charge is -2.05. The molecule has 0 radical (unpaired) electrons. The van der Waals surface area contributed by atoms with Gasteiger partial charge in [-0.05, 0) is 12.3 Å². The smallest absolute Gasteiger partial charge is 0.0190 e. The molecule has 2 nitrogen and oxygen atoms in total. The molecule has 0 saturated carbocycles. The van der Waals surface area contributed by atoms with E-state index in [2.05, 4.69) is 25.9 Å². The topological polar surface area (TPSA) is 38.0 Å². The summed E-state index contributed by atoms with van der Waals surface area (Å²) in [6.45, 7) is 7.93. The molecule has 48 valence electrons. The van der Waals surface area contributed by atoms with Gasteiger partial charge in [0.1, 0.15) is 0 Å². The summed E-state index contributed by atoms with van der Waals surface area (Å²) in [6.07, 6.45) is 0.955. The second-order valence-corrected chi connectivity index (χ2v) is 2.35. The Kier molecular flexibility index (Phi) is 3.28. The molecule has 0 spiro atoms. The van der Waals surface area contributed by atoms with E-state index in [0.29, 0.717) is 5.92 Å². The van der Waals surface area contributed by atoms with Crippen LogP contribution in [-0.2, 0) is 0 Å². The van der Waals surface area contributed by atoms with Crippen molar-refractivity contribution in [3.8, 4) is 0 Å². The first-order chi connectivity index (χ1) is 3.66. The highest BCUT2D eigenvalue weighted by atomic mass is 15.2. The summed E-state index contributed by atoms with van der Waals surface area (Å²) >= 11 is 0. The van der Waals surface area contributed by atoms with Crippen molar-refractivity contribution < 1.29 is 0 Å². The summed E-state index contributed by atoms with van der Waals surface area (Å²) in [6, 6.07) is 0. The maximum absolute atomic E-state index is 5.07. The minimum Gasteiger partial charge on any atom is -0.329 e. The van der Waals surface area contributed by atoms with Crippen LogP contribution in [0, 0.1) is 5.92 Å². The summed E-state index contributed by atoms with van der Waals surface area (Å²) in [5.74, 6) is 5.71. The first kappa shape index (κ1) is 7.50. The SMILES string of the molecule is C=C(CC(C)C)NN. The van der Waals surface area contributed by atoms with Gasteiger partial charge in [0, 0.05) is 5.70 Å². The van der Waals surface area contributed by atoms with Crippen LogP contribution >= 0.6 is 0 Å². The number of hydrogen-bond acceptors (Lipinski definition) is 2. The van der Waals surface area contributed by atoms with Gasteiger partial charge >= 0.3 is 0 Å². The molecule has 0 bridgehead atoms. The molecule has 0 aromatic rings.